The van der Waals surface area contributed by atoms with Gasteiger partial charge in [-0.1, -0.05) is 71.9 Å². The maximum atomic E-state index is 13.9. The number of carbonyl (C=O) groups is 3. The van der Waals surface area contributed by atoms with Gasteiger partial charge < -0.3 is 25.3 Å². The molecule has 242 valence electrons. The predicted molar refractivity (Wildman–Crippen MR) is 172 cm³/mol. The van der Waals surface area contributed by atoms with Gasteiger partial charge in [-0.2, -0.15) is 0 Å². The first kappa shape index (κ1) is 33.1. The first-order valence-corrected chi connectivity index (χ1v) is 16.4. The molecule has 3 amide bonds. The second-order valence-corrected chi connectivity index (χ2v) is 14.5. The second kappa shape index (κ2) is 14.0. The number of rotatable bonds is 13. The molecule has 4 fully saturated rings. The van der Waals surface area contributed by atoms with Gasteiger partial charge in [0.2, 0.25) is 11.8 Å². The lowest BCUT2D eigenvalue weighted by Crippen LogP contribution is -2.59. The molecule has 10 nitrogen and oxygen atoms in total. The van der Waals surface area contributed by atoms with Gasteiger partial charge in [-0.25, -0.2) is 4.98 Å². The van der Waals surface area contributed by atoms with Crippen molar-refractivity contribution in [2.75, 3.05) is 0 Å². The molecule has 1 aliphatic heterocycles. The smallest absolute Gasteiger partial charge is 0.404 e. The fourth-order valence-electron chi connectivity index (χ4n) is 7.26. The summed E-state index contributed by atoms with van der Waals surface area (Å²) in [5.74, 6) is -0.0686. The van der Waals surface area contributed by atoms with E-state index >= 15 is 0 Å². The molecule has 1 aromatic carbocycles. The van der Waals surface area contributed by atoms with Crippen LogP contribution in [0, 0.1) is 29.1 Å². The third kappa shape index (κ3) is 7.75. The number of carbonyl (C=O) groups excluding carboxylic acids is 3. The fourth-order valence-corrected chi connectivity index (χ4v) is 7.26. The standard InChI is InChI=1S/C34H48BN5O5/c1-20(2)14-25(38-31(41)26(16-22-10-8-7-9-11-22)39-33(43)27-19-36-12-13-37-27)32(42)40-29(15-21(3)4)35-44-28-18-23-17-24(30(28)45-35)34(23,5)6/h7-13,19-21,23-26,28-30H,14-18H2,1-6H3,(H,38,41)(H,39,43)(H,40,42)/t23-,24+,25+,26+,28-,29-,30+/m1/s1. The van der Waals surface area contributed by atoms with E-state index in [0.717, 1.165) is 12.0 Å². The Labute approximate surface area is 267 Å². The van der Waals surface area contributed by atoms with Crippen LogP contribution in [0.1, 0.15) is 83.3 Å². The maximum absolute atomic E-state index is 13.9. The molecule has 45 heavy (non-hydrogen) atoms. The molecule has 3 N–H and O–H groups in total. The van der Waals surface area contributed by atoms with E-state index in [9.17, 15) is 14.4 Å². The summed E-state index contributed by atoms with van der Waals surface area (Å²) in [4.78, 5) is 48.8. The molecule has 2 aromatic rings. The number of hydrogen-bond donors (Lipinski definition) is 3. The van der Waals surface area contributed by atoms with Crippen molar-refractivity contribution in [3.8, 4) is 0 Å². The highest BCUT2D eigenvalue weighted by Gasteiger charge is 2.62. The van der Waals surface area contributed by atoms with Gasteiger partial charge in [-0.05, 0) is 60.3 Å². The molecule has 6 rings (SSSR count). The molecule has 1 aromatic heterocycles. The first-order chi connectivity index (χ1) is 21.4. The third-order valence-corrected chi connectivity index (χ3v) is 9.85. The van der Waals surface area contributed by atoms with E-state index in [0.29, 0.717) is 30.6 Å². The minimum Gasteiger partial charge on any atom is -0.404 e. The number of hydrogen-bond acceptors (Lipinski definition) is 7. The molecule has 2 heterocycles. The van der Waals surface area contributed by atoms with Gasteiger partial charge in [-0.3, -0.25) is 19.4 Å². The first-order valence-electron chi connectivity index (χ1n) is 16.4. The van der Waals surface area contributed by atoms with Crippen LogP contribution in [0.3, 0.4) is 0 Å². The SMILES string of the molecule is CC(C)C[C@H](NC(=O)[C@H](Cc1ccccc1)NC(=O)c1cnccn1)C(=O)N[C@H](CC(C)C)B1O[C@@H]2[C@@H](C[C@H]3C[C@@H]2C3(C)C)O1. The van der Waals surface area contributed by atoms with E-state index < -0.39 is 31.0 Å². The molecule has 11 heteroatoms. The molecule has 4 aliphatic rings. The number of aromatic nitrogens is 2. The molecule has 2 bridgehead atoms. The maximum Gasteiger partial charge on any atom is 0.481 e. The van der Waals surface area contributed by atoms with Crippen LogP contribution in [0.5, 0.6) is 0 Å². The summed E-state index contributed by atoms with van der Waals surface area (Å²) in [6, 6.07) is 7.70. The van der Waals surface area contributed by atoms with Crippen LogP contribution in [0.15, 0.2) is 48.9 Å². The third-order valence-electron chi connectivity index (χ3n) is 9.85. The Bertz CT molecular complexity index is 1330. The summed E-state index contributed by atoms with van der Waals surface area (Å²) in [7, 11) is -0.533. The summed E-state index contributed by atoms with van der Waals surface area (Å²) >= 11 is 0. The molecule has 3 saturated carbocycles. The normalized spacial score (nSPS) is 25.1. The second-order valence-electron chi connectivity index (χ2n) is 14.5. The average molecular weight is 618 g/mol. The van der Waals surface area contributed by atoms with Gasteiger partial charge in [0.15, 0.2) is 0 Å². The quantitative estimate of drug-likeness (QED) is 0.292. The van der Waals surface area contributed by atoms with Crippen molar-refractivity contribution in [1.82, 2.24) is 25.9 Å². The molecule has 1 saturated heterocycles. The van der Waals surface area contributed by atoms with Crippen LogP contribution in [0.4, 0.5) is 0 Å². The fraction of sp³-hybridized carbons (Fsp3) is 0.618. The van der Waals surface area contributed by atoms with Crippen LogP contribution in [0.2, 0.25) is 0 Å². The lowest BCUT2D eigenvalue weighted by molar-refractivity contribution is -0.150. The molecule has 0 spiro atoms. The number of benzene rings is 1. The van der Waals surface area contributed by atoms with E-state index in [-0.39, 0.29) is 47.5 Å². The monoisotopic (exact) mass is 617 g/mol. The van der Waals surface area contributed by atoms with Crippen molar-refractivity contribution in [2.24, 2.45) is 29.1 Å². The Kier molecular flexibility index (Phi) is 10.3. The van der Waals surface area contributed by atoms with Gasteiger partial charge in [0.1, 0.15) is 17.8 Å². The van der Waals surface area contributed by atoms with Crippen molar-refractivity contribution in [2.45, 2.75) is 104 Å². The molecule has 3 aliphatic carbocycles. The minimum absolute atomic E-state index is 0.0457. The zero-order valence-electron chi connectivity index (χ0n) is 27.4. The summed E-state index contributed by atoms with van der Waals surface area (Å²) in [5.41, 5.74) is 1.23. The highest BCUT2D eigenvalue weighted by molar-refractivity contribution is 6.47. The van der Waals surface area contributed by atoms with Gasteiger partial charge >= 0.3 is 7.12 Å². The van der Waals surface area contributed by atoms with Gasteiger partial charge in [0.25, 0.3) is 5.91 Å². The van der Waals surface area contributed by atoms with Crippen molar-refractivity contribution in [1.29, 1.82) is 0 Å². The molecule has 7 atom stereocenters. The van der Waals surface area contributed by atoms with Gasteiger partial charge in [0, 0.05) is 18.8 Å². The minimum atomic E-state index is -0.935. The Morgan fingerprint density at radius 3 is 2.27 bits per heavy atom. The lowest BCUT2D eigenvalue weighted by atomic mass is 9.47. The lowest BCUT2D eigenvalue weighted by Gasteiger charge is -2.60. The van der Waals surface area contributed by atoms with E-state index in [1.807, 2.05) is 44.2 Å². The summed E-state index contributed by atoms with van der Waals surface area (Å²) < 4.78 is 13.0. The Morgan fingerprint density at radius 2 is 1.62 bits per heavy atom. The van der Waals surface area contributed by atoms with Crippen molar-refractivity contribution >= 4 is 24.8 Å². The predicted octanol–water partition coefficient (Wildman–Crippen LogP) is 3.76. The van der Waals surface area contributed by atoms with Crippen molar-refractivity contribution in [3.05, 3.63) is 60.2 Å². The Morgan fingerprint density at radius 1 is 0.911 bits per heavy atom. The van der Waals surface area contributed by atoms with E-state index in [4.69, 9.17) is 9.31 Å². The number of amides is 3. The van der Waals surface area contributed by atoms with Crippen LogP contribution in [0.25, 0.3) is 0 Å². The van der Waals surface area contributed by atoms with Crippen molar-refractivity contribution in [3.63, 3.8) is 0 Å². The average Bonchev–Trinajstić information content (AvgIpc) is 3.45. The van der Waals surface area contributed by atoms with Crippen molar-refractivity contribution < 1.29 is 23.7 Å². The van der Waals surface area contributed by atoms with Crippen LogP contribution < -0.4 is 16.0 Å². The number of nitrogens with one attached hydrogen (secondary N) is 3. The van der Waals surface area contributed by atoms with E-state index in [2.05, 4.69) is 53.6 Å². The van der Waals surface area contributed by atoms with Gasteiger partial charge in [-0.15, -0.1) is 0 Å². The zero-order valence-corrected chi connectivity index (χ0v) is 27.4. The van der Waals surface area contributed by atoms with E-state index in [1.54, 1.807) is 0 Å². The highest BCUT2D eigenvalue weighted by Crippen LogP contribution is 2.61. The van der Waals surface area contributed by atoms with E-state index in [1.165, 1.54) is 25.0 Å². The summed E-state index contributed by atoms with van der Waals surface area (Å²) in [6.07, 6.45) is 7.87. The number of nitrogens with zero attached hydrogens (tertiary/aromatic N) is 2. The summed E-state index contributed by atoms with van der Waals surface area (Å²) in [5, 5.41) is 8.98. The van der Waals surface area contributed by atoms with Crippen LogP contribution in [-0.4, -0.2) is 65.0 Å². The molecular formula is C34H48BN5O5. The highest BCUT2D eigenvalue weighted by atomic mass is 16.7. The Hall–Kier alpha value is -3.31. The van der Waals surface area contributed by atoms with Crippen LogP contribution >= 0.6 is 0 Å². The van der Waals surface area contributed by atoms with Crippen LogP contribution in [-0.2, 0) is 25.3 Å². The Balaban J connectivity index is 1.30. The topological polar surface area (TPSA) is 132 Å². The van der Waals surface area contributed by atoms with Gasteiger partial charge in [0.05, 0.1) is 24.3 Å². The summed E-state index contributed by atoms with van der Waals surface area (Å²) in [6.45, 7) is 12.9. The molecule has 0 unspecified atom stereocenters. The molecular weight excluding hydrogens is 569 g/mol. The largest absolute Gasteiger partial charge is 0.481 e. The zero-order chi connectivity index (χ0) is 32.3. The molecule has 0 radical (unpaired) electrons.